The van der Waals surface area contributed by atoms with Crippen LogP contribution in [0.15, 0.2) is 25.9 Å². The number of halogens is 1. The smallest absolute Gasteiger partial charge is 0.329 e. The molecule has 22 heavy (non-hydrogen) atoms. The number of aromatic amines is 1. The van der Waals surface area contributed by atoms with Crippen molar-refractivity contribution < 1.29 is 5.11 Å². The summed E-state index contributed by atoms with van der Waals surface area (Å²) in [7, 11) is 1.55. The molecule has 0 saturated carbocycles. The van der Waals surface area contributed by atoms with Crippen LogP contribution in [-0.4, -0.2) is 36.1 Å². The van der Waals surface area contributed by atoms with Gasteiger partial charge in [-0.05, 0) is 13.8 Å². The summed E-state index contributed by atoms with van der Waals surface area (Å²) in [5, 5.41) is 10.6. The van der Waals surface area contributed by atoms with Crippen LogP contribution < -0.4 is 11.2 Å². The molecule has 120 valence electrons. The van der Waals surface area contributed by atoms with E-state index in [4.69, 9.17) is 11.6 Å². The van der Waals surface area contributed by atoms with E-state index in [2.05, 4.69) is 9.97 Å². The number of aromatic nitrogens is 4. The Morgan fingerprint density at radius 2 is 2.23 bits per heavy atom. The number of aryl methyl sites for hydroxylation is 1. The quantitative estimate of drug-likeness (QED) is 0.790. The van der Waals surface area contributed by atoms with Gasteiger partial charge in [0.15, 0.2) is 16.3 Å². The molecule has 1 unspecified atom stereocenters. The number of nitrogens with one attached hydrogen (secondary N) is 1. The lowest BCUT2D eigenvalue weighted by atomic mass is 10.4. The number of aliphatic hydroxyl groups is 1. The molecule has 0 aliphatic heterocycles. The molecule has 0 aliphatic rings. The van der Waals surface area contributed by atoms with Gasteiger partial charge in [0, 0.05) is 24.4 Å². The first-order valence-corrected chi connectivity index (χ1v) is 8.00. The summed E-state index contributed by atoms with van der Waals surface area (Å²) >= 11 is 7.18. The van der Waals surface area contributed by atoms with Crippen LogP contribution in [0.4, 0.5) is 0 Å². The van der Waals surface area contributed by atoms with E-state index in [9.17, 15) is 14.7 Å². The lowest BCUT2D eigenvalue weighted by molar-refractivity contribution is 0.220. The second-order valence-electron chi connectivity index (χ2n) is 4.95. The third-order valence-corrected chi connectivity index (χ3v) is 4.35. The number of H-pyrrole nitrogens is 1. The van der Waals surface area contributed by atoms with Crippen LogP contribution in [0.2, 0.25) is 0 Å². The maximum Gasteiger partial charge on any atom is 0.329 e. The molecule has 0 amide bonds. The minimum absolute atomic E-state index is 0.308. The maximum atomic E-state index is 12.1. The molecular weight excluding hydrogens is 328 g/mol. The Labute approximate surface area is 135 Å². The van der Waals surface area contributed by atoms with Gasteiger partial charge < -0.3 is 9.67 Å². The third-order valence-electron chi connectivity index (χ3n) is 2.98. The summed E-state index contributed by atoms with van der Waals surface area (Å²) < 4.78 is 2.98. The van der Waals surface area contributed by atoms with Crippen LogP contribution in [0.5, 0.6) is 0 Å². The van der Waals surface area contributed by atoms with Crippen LogP contribution in [0.25, 0.3) is 11.2 Å². The average molecular weight is 345 g/mol. The van der Waals surface area contributed by atoms with Gasteiger partial charge in [0.25, 0.3) is 5.56 Å². The molecular formula is C13H17ClN4O3S. The van der Waals surface area contributed by atoms with Gasteiger partial charge in [0.1, 0.15) is 0 Å². The Kier molecular flexibility index (Phi) is 5.15. The zero-order chi connectivity index (χ0) is 16.4. The summed E-state index contributed by atoms with van der Waals surface area (Å²) in [5.41, 5.74) is -0.389. The number of imidazole rings is 1. The molecule has 2 aromatic rings. The normalized spacial score (nSPS) is 13.8. The molecule has 0 bridgehead atoms. The number of hydrogen-bond acceptors (Lipinski definition) is 5. The van der Waals surface area contributed by atoms with Crippen molar-refractivity contribution in [3.05, 3.63) is 31.9 Å². The number of allylic oxidation sites excluding steroid dienone is 2. The SMILES string of the molecule is C/C(Cl)=C\Cn1c(SCC(C)O)nc2c1c(=O)[nH]c(=O)n2C. The molecule has 1 atom stereocenters. The largest absolute Gasteiger partial charge is 0.393 e. The van der Waals surface area contributed by atoms with E-state index in [1.54, 1.807) is 31.5 Å². The van der Waals surface area contributed by atoms with E-state index >= 15 is 0 Å². The minimum atomic E-state index is -0.515. The highest BCUT2D eigenvalue weighted by molar-refractivity contribution is 7.99. The highest BCUT2D eigenvalue weighted by atomic mass is 35.5. The van der Waals surface area contributed by atoms with Gasteiger partial charge >= 0.3 is 5.69 Å². The first-order chi connectivity index (χ1) is 10.3. The van der Waals surface area contributed by atoms with E-state index in [1.165, 1.54) is 16.3 Å². The second kappa shape index (κ2) is 6.72. The summed E-state index contributed by atoms with van der Waals surface area (Å²) in [4.78, 5) is 30.4. The molecule has 0 aliphatic carbocycles. The Morgan fingerprint density at radius 3 is 2.82 bits per heavy atom. The van der Waals surface area contributed by atoms with Crippen molar-refractivity contribution in [1.29, 1.82) is 0 Å². The zero-order valence-corrected chi connectivity index (χ0v) is 14.0. The molecule has 0 radical (unpaired) electrons. The number of rotatable bonds is 5. The highest BCUT2D eigenvalue weighted by Crippen LogP contribution is 2.22. The molecule has 0 aromatic carbocycles. The van der Waals surface area contributed by atoms with Gasteiger partial charge in [0.2, 0.25) is 0 Å². The van der Waals surface area contributed by atoms with Gasteiger partial charge in [-0.2, -0.15) is 0 Å². The Hall–Kier alpha value is -1.51. The second-order valence-corrected chi connectivity index (χ2v) is 6.53. The standard InChI is InChI=1S/C13H17ClN4O3S/c1-7(14)4-5-18-9-10(15-13(18)22-6-8(2)19)17(3)12(21)16-11(9)20/h4,8,19H,5-6H2,1-3H3,(H,16,20,21)/b7-4+. The van der Waals surface area contributed by atoms with Gasteiger partial charge in [-0.1, -0.05) is 29.4 Å². The van der Waals surface area contributed by atoms with Crippen molar-refractivity contribution in [2.24, 2.45) is 7.05 Å². The van der Waals surface area contributed by atoms with Crippen LogP contribution in [0.3, 0.4) is 0 Å². The van der Waals surface area contributed by atoms with Crippen molar-refractivity contribution in [3.63, 3.8) is 0 Å². The zero-order valence-electron chi connectivity index (χ0n) is 12.5. The van der Waals surface area contributed by atoms with E-state index < -0.39 is 17.4 Å². The Balaban J connectivity index is 2.66. The molecule has 2 rings (SSSR count). The molecule has 2 N–H and O–H groups in total. The first kappa shape index (κ1) is 16.9. The predicted octanol–water partition coefficient (Wildman–Crippen LogP) is 1.04. The third kappa shape index (κ3) is 3.45. The van der Waals surface area contributed by atoms with Gasteiger partial charge in [0.05, 0.1) is 6.10 Å². The van der Waals surface area contributed by atoms with Crippen molar-refractivity contribution in [3.8, 4) is 0 Å². The molecule has 2 aromatic heterocycles. The van der Waals surface area contributed by atoms with Crippen LogP contribution in [0.1, 0.15) is 13.8 Å². The fourth-order valence-corrected chi connectivity index (χ4v) is 2.84. The number of hydrogen-bond donors (Lipinski definition) is 2. The van der Waals surface area contributed by atoms with Crippen LogP contribution in [0, 0.1) is 0 Å². The molecule has 9 heteroatoms. The lowest BCUT2D eigenvalue weighted by Crippen LogP contribution is -2.29. The summed E-state index contributed by atoms with van der Waals surface area (Å²) in [6.07, 6.45) is 1.24. The van der Waals surface area contributed by atoms with Crippen molar-refractivity contribution in [2.75, 3.05) is 5.75 Å². The average Bonchev–Trinajstić information content (AvgIpc) is 2.79. The highest BCUT2D eigenvalue weighted by Gasteiger charge is 2.17. The maximum absolute atomic E-state index is 12.1. The van der Waals surface area contributed by atoms with Crippen molar-refractivity contribution in [2.45, 2.75) is 31.7 Å². The number of nitrogens with zero attached hydrogens (tertiary/aromatic N) is 3. The summed E-state index contributed by atoms with van der Waals surface area (Å²) in [6, 6.07) is 0. The first-order valence-electron chi connectivity index (χ1n) is 6.64. The van der Waals surface area contributed by atoms with Gasteiger partial charge in [-0.3, -0.25) is 14.3 Å². The van der Waals surface area contributed by atoms with E-state index in [1.807, 2.05) is 0 Å². The summed E-state index contributed by atoms with van der Waals surface area (Å²) in [5.74, 6) is 0.429. The molecule has 7 nitrogen and oxygen atoms in total. The monoisotopic (exact) mass is 344 g/mol. The van der Waals surface area contributed by atoms with Gasteiger partial charge in [-0.15, -0.1) is 0 Å². The number of fused-ring (bicyclic) bond motifs is 1. The van der Waals surface area contributed by atoms with Crippen LogP contribution >= 0.6 is 23.4 Å². The number of thioether (sulfide) groups is 1. The van der Waals surface area contributed by atoms with Crippen molar-refractivity contribution >= 4 is 34.5 Å². The Bertz CT molecular complexity index is 830. The van der Waals surface area contributed by atoms with Crippen molar-refractivity contribution in [1.82, 2.24) is 19.1 Å². The lowest BCUT2D eigenvalue weighted by Gasteiger charge is -2.07. The topological polar surface area (TPSA) is 92.9 Å². The summed E-state index contributed by atoms with van der Waals surface area (Å²) in [6.45, 7) is 3.77. The molecule has 0 saturated heterocycles. The molecule has 0 fully saturated rings. The Morgan fingerprint density at radius 1 is 1.55 bits per heavy atom. The molecule has 0 spiro atoms. The van der Waals surface area contributed by atoms with E-state index in [0.29, 0.717) is 33.7 Å². The number of aliphatic hydroxyl groups excluding tert-OH is 1. The predicted molar refractivity (Wildman–Crippen MR) is 87.6 cm³/mol. The molecule has 2 heterocycles. The minimum Gasteiger partial charge on any atom is -0.393 e. The van der Waals surface area contributed by atoms with Crippen LogP contribution in [-0.2, 0) is 13.6 Å². The van der Waals surface area contributed by atoms with E-state index in [-0.39, 0.29) is 0 Å². The fourth-order valence-electron chi connectivity index (χ4n) is 1.91. The van der Waals surface area contributed by atoms with E-state index in [0.717, 1.165) is 0 Å². The fraction of sp³-hybridized carbons (Fsp3) is 0.462. The van der Waals surface area contributed by atoms with Gasteiger partial charge in [-0.25, -0.2) is 9.78 Å².